The third kappa shape index (κ3) is 6.45. The SMILES string of the molecule is CCC(Sc1cccc(NC(=O)c2cccc3cccc(C(=O)O)c23)c1)C(=O)Nc1nc(-c2ccc(F)cc2)cs1. The van der Waals surface area contributed by atoms with E-state index in [1.54, 1.807) is 66.0 Å². The summed E-state index contributed by atoms with van der Waals surface area (Å²) in [5.41, 5.74) is 2.23. The number of fused-ring (bicyclic) bond motifs is 1. The summed E-state index contributed by atoms with van der Waals surface area (Å²) in [6.07, 6.45) is 0.553. The number of thioether (sulfide) groups is 1. The fraction of sp³-hybridized carbons (Fsp3) is 0.0968. The number of halogens is 1. The smallest absolute Gasteiger partial charge is 0.336 e. The lowest BCUT2D eigenvalue weighted by Crippen LogP contribution is -2.24. The first-order valence-corrected chi connectivity index (χ1v) is 14.4. The molecule has 41 heavy (non-hydrogen) atoms. The normalized spacial score (nSPS) is 11.7. The van der Waals surface area contributed by atoms with Crippen LogP contribution in [0.1, 0.15) is 34.1 Å². The van der Waals surface area contributed by atoms with Crippen molar-refractivity contribution in [2.75, 3.05) is 10.6 Å². The first kappa shape index (κ1) is 28.0. The maximum Gasteiger partial charge on any atom is 0.336 e. The molecule has 5 aromatic rings. The monoisotopic (exact) mass is 585 g/mol. The fourth-order valence-corrected chi connectivity index (χ4v) is 6.05. The number of nitrogens with zero attached hydrogens (tertiary/aromatic N) is 1. The van der Waals surface area contributed by atoms with E-state index in [0.29, 0.717) is 33.7 Å². The number of anilines is 2. The van der Waals surface area contributed by atoms with Crippen molar-refractivity contribution in [3.63, 3.8) is 0 Å². The van der Waals surface area contributed by atoms with Crippen LogP contribution in [-0.2, 0) is 4.79 Å². The number of hydrogen-bond acceptors (Lipinski definition) is 6. The molecule has 0 aliphatic heterocycles. The standard InChI is InChI=1S/C31H24FN3O4S2/c1-2-26(29(37)35-31-34-25(17-40-31)18-12-14-20(32)15-13-18)41-22-9-5-8-21(16-22)33-28(36)23-10-3-6-19-7-4-11-24(27(19)23)30(38)39/h3-17,26H,2H2,1H3,(H,33,36)(H,38,39)(H,34,35,37). The van der Waals surface area contributed by atoms with Crippen LogP contribution in [0.5, 0.6) is 0 Å². The van der Waals surface area contributed by atoms with Gasteiger partial charge in [-0.25, -0.2) is 14.2 Å². The Morgan fingerprint density at radius 1 is 0.951 bits per heavy atom. The van der Waals surface area contributed by atoms with E-state index in [4.69, 9.17) is 0 Å². The average molecular weight is 586 g/mol. The highest BCUT2D eigenvalue weighted by Crippen LogP contribution is 2.31. The maximum absolute atomic E-state index is 13.2. The van der Waals surface area contributed by atoms with E-state index in [2.05, 4.69) is 15.6 Å². The molecule has 0 aliphatic carbocycles. The lowest BCUT2D eigenvalue weighted by Gasteiger charge is -2.15. The van der Waals surface area contributed by atoms with Gasteiger partial charge in [0.15, 0.2) is 5.13 Å². The zero-order valence-corrected chi connectivity index (χ0v) is 23.4. The molecule has 1 heterocycles. The Morgan fingerprint density at radius 2 is 1.66 bits per heavy atom. The number of carboxylic acids is 1. The van der Waals surface area contributed by atoms with Gasteiger partial charge in [-0.2, -0.15) is 0 Å². The molecule has 0 saturated heterocycles. The Labute approximate surface area is 243 Å². The Kier molecular flexibility index (Phi) is 8.42. The first-order valence-electron chi connectivity index (χ1n) is 12.7. The fourth-order valence-electron chi connectivity index (χ4n) is 4.31. The number of nitrogens with one attached hydrogen (secondary N) is 2. The minimum Gasteiger partial charge on any atom is -0.478 e. The third-order valence-corrected chi connectivity index (χ3v) is 8.40. The van der Waals surface area contributed by atoms with Gasteiger partial charge in [-0.05, 0) is 66.4 Å². The predicted molar refractivity (Wildman–Crippen MR) is 161 cm³/mol. The Morgan fingerprint density at radius 3 is 2.37 bits per heavy atom. The quantitative estimate of drug-likeness (QED) is 0.154. The number of benzene rings is 4. The highest BCUT2D eigenvalue weighted by Gasteiger charge is 2.21. The third-order valence-electron chi connectivity index (χ3n) is 6.29. The van der Waals surface area contributed by atoms with Crippen LogP contribution in [0.25, 0.3) is 22.0 Å². The van der Waals surface area contributed by atoms with Crippen molar-refractivity contribution >= 4 is 62.5 Å². The van der Waals surface area contributed by atoms with Crippen LogP contribution in [0.4, 0.5) is 15.2 Å². The highest BCUT2D eigenvalue weighted by atomic mass is 32.2. The van der Waals surface area contributed by atoms with Crippen molar-refractivity contribution < 1.29 is 23.9 Å². The zero-order chi connectivity index (χ0) is 28.9. The Bertz CT molecular complexity index is 1750. The van der Waals surface area contributed by atoms with Gasteiger partial charge < -0.3 is 15.7 Å². The van der Waals surface area contributed by atoms with Crippen LogP contribution < -0.4 is 10.6 Å². The van der Waals surface area contributed by atoms with Gasteiger partial charge in [0, 0.05) is 32.5 Å². The van der Waals surface area contributed by atoms with Crippen molar-refractivity contribution in [3.05, 3.63) is 107 Å². The van der Waals surface area contributed by atoms with E-state index in [0.717, 1.165) is 10.5 Å². The van der Waals surface area contributed by atoms with E-state index >= 15 is 0 Å². The molecule has 0 fully saturated rings. The molecular formula is C31H24FN3O4S2. The molecule has 7 nitrogen and oxygen atoms in total. The summed E-state index contributed by atoms with van der Waals surface area (Å²) in [5.74, 6) is -2.08. The number of aromatic carboxylic acids is 1. The van der Waals surface area contributed by atoms with Crippen LogP contribution in [0.15, 0.2) is 95.2 Å². The molecule has 1 atom stereocenters. The van der Waals surface area contributed by atoms with Crippen LogP contribution >= 0.6 is 23.1 Å². The molecule has 1 aromatic heterocycles. The molecule has 2 amide bonds. The topological polar surface area (TPSA) is 108 Å². The second kappa shape index (κ2) is 12.3. The molecule has 1 unspecified atom stereocenters. The molecule has 3 N–H and O–H groups in total. The number of thiazole rings is 1. The summed E-state index contributed by atoms with van der Waals surface area (Å²) in [4.78, 5) is 43.3. The van der Waals surface area contributed by atoms with E-state index < -0.39 is 17.1 Å². The van der Waals surface area contributed by atoms with Crippen molar-refractivity contribution in [1.29, 1.82) is 0 Å². The van der Waals surface area contributed by atoms with Crippen molar-refractivity contribution in [3.8, 4) is 11.3 Å². The molecule has 5 rings (SSSR count). The van der Waals surface area contributed by atoms with E-state index in [1.807, 2.05) is 13.0 Å². The molecule has 0 radical (unpaired) electrons. The number of carbonyl (C=O) groups is 3. The molecule has 10 heteroatoms. The van der Waals surface area contributed by atoms with Gasteiger partial charge in [0.25, 0.3) is 5.91 Å². The van der Waals surface area contributed by atoms with Crippen molar-refractivity contribution in [1.82, 2.24) is 4.98 Å². The summed E-state index contributed by atoms with van der Waals surface area (Å²) >= 11 is 2.65. The Hall–Kier alpha value is -4.54. The number of aromatic nitrogens is 1. The van der Waals surface area contributed by atoms with Crippen molar-refractivity contribution in [2.24, 2.45) is 0 Å². The summed E-state index contributed by atoms with van der Waals surface area (Å²) in [5, 5.41) is 18.2. The first-order chi connectivity index (χ1) is 19.8. The maximum atomic E-state index is 13.2. The summed E-state index contributed by atoms with van der Waals surface area (Å²) in [6, 6.07) is 23.1. The van der Waals surface area contributed by atoms with E-state index in [-0.39, 0.29) is 22.9 Å². The predicted octanol–water partition coefficient (Wildman–Crippen LogP) is 7.56. The molecular weight excluding hydrogens is 561 g/mol. The Balaban J connectivity index is 1.28. The van der Waals surface area contributed by atoms with Gasteiger partial charge in [0.1, 0.15) is 5.82 Å². The number of carboxylic acid groups (broad SMARTS) is 1. The number of amides is 2. The molecule has 0 spiro atoms. The van der Waals surface area contributed by atoms with Crippen LogP contribution in [0.3, 0.4) is 0 Å². The lowest BCUT2D eigenvalue weighted by molar-refractivity contribution is -0.115. The molecule has 0 aliphatic rings. The number of hydrogen-bond donors (Lipinski definition) is 3. The number of carbonyl (C=O) groups excluding carboxylic acids is 2. The van der Waals surface area contributed by atoms with Gasteiger partial charge in [0.05, 0.1) is 16.5 Å². The van der Waals surface area contributed by atoms with Gasteiger partial charge in [0.2, 0.25) is 5.91 Å². The molecule has 4 aromatic carbocycles. The van der Waals surface area contributed by atoms with Gasteiger partial charge in [-0.15, -0.1) is 23.1 Å². The van der Waals surface area contributed by atoms with E-state index in [9.17, 15) is 23.9 Å². The molecule has 206 valence electrons. The van der Waals surface area contributed by atoms with Crippen molar-refractivity contribution in [2.45, 2.75) is 23.5 Å². The second-order valence-electron chi connectivity index (χ2n) is 9.05. The molecule has 0 bridgehead atoms. The van der Waals surface area contributed by atoms with Crippen LogP contribution in [0, 0.1) is 5.82 Å². The number of rotatable bonds is 9. The van der Waals surface area contributed by atoms with Gasteiger partial charge in [-0.1, -0.05) is 37.3 Å². The minimum atomic E-state index is -1.11. The van der Waals surface area contributed by atoms with Crippen LogP contribution in [-0.4, -0.2) is 33.1 Å². The lowest BCUT2D eigenvalue weighted by atomic mass is 9.98. The van der Waals surface area contributed by atoms with E-state index in [1.165, 1.54) is 41.3 Å². The van der Waals surface area contributed by atoms with Gasteiger partial charge >= 0.3 is 5.97 Å². The average Bonchev–Trinajstić information content (AvgIpc) is 3.44. The summed E-state index contributed by atoms with van der Waals surface area (Å²) < 4.78 is 13.2. The largest absolute Gasteiger partial charge is 0.478 e. The van der Waals surface area contributed by atoms with Gasteiger partial charge in [-0.3, -0.25) is 9.59 Å². The second-order valence-corrected chi connectivity index (χ2v) is 11.2. The van der Waals surface area contributed by atoms with Crippen LogP contribution in [0.2, 0.25) is 0 Å². The summed E-state index contributed by atoms with van der Waals surface area (Å²) in [6.45, 7) is 1.91. The summed E-state index contributed by atoms with van der Waals surface area (Å²) in [7, 11) is 0. The highest BCUT2D eigenvalue weighted by molar-refractivity contribution is 8.00. The molecule has 0 saturated carbocycles. The minimum absolute atomic E-state index is 0.0550. The zero-order valence-electron chi connectivity index (χ0n) is 21.8.